The highest BCUT2D eigenvalue weighted by molar-refractivity contribution is 7.91. The van der Waals surface area contributed by atoms with E-state index in [2.05, 4.69) is 10.1 Å². The highest BCUT2D eigenvalue weighted by Gasteiger charge is 2.30. The average Bonchev–Trinajstić information content (AvgIpc) is 3.40. The Bertz CT molecular complexity index is 990. The molecule has 0 amide bonds. The molecule has 2 aromatic heterocycles. The number of sulfonamides is 1. The van der Waals surface area contributed by atoms with Crippen LogP contribution in [0.4, 0.5) is 5.69 Å². The summed E-state index contributed by atoms with van der Waals surface area (Å²) in [6.07, 6.45) is 1.54. The van der Waals surface area contributed by atoms with E-state index in [1.165, 1.54) is 11.3 Å². The Kier molecular flexibility index (Phi) is 4.90. The largest absolute Gasteiger partial charge is 0.497 e. The quantitative estimate of drug-likeness (QED) is 0.650. The van der Waals surface area contributed by atoms with Crippen LogP contribution in [0.15, 0.2) is 57.4 Å². The van der Waals surface area contributed by atoms with E-state index in [0.29, 0.717) is 36.1 Å². The van der Waals surface area contributed by atoms with Crippen molar-refractivity contribution >= 4 is 27.0 Å². The normalized spacial score (nSPS) is 15.8. The summed E-state index contributed by atoms with van der Waals surface area (Å²) in [7, 11) is -1.87. The van der Waals surface area contributed by atoms with Gasteiger partial charge in [-0.15, -0.1) is 11.3 Å². The number of aromatic nitrogens is 1. The van der Waals surface area contributed by atoms with Crippen LogP contribution in [-0.4, -0.2) is 51.2 Å². The van der Waals surface area contributed by atoms with Gasteiger partial charge in [0.15, 0.2) is 5.76 Å². The summed E-state index contributed by atoms with van der Waals surface area (Å²) in [4.78, 5) is 2.93. The number of rotatable bonds is 5. The van der Waals surface area contributed by atoms with Crippen molar-refractivity contribution in [2.75, 3.05) is 38.2 Å². The Balaban J connectivity index is 1.45. The van der Waals surface area contributed by atoms with E-state index in [-0.39, 0.29) is 0 Å². The lowest BCUT2D eigenvalue weighted by molar-refractivity contribution is 0.385. The first kappa shape index (κ1) is 18.0. The minimum atomic E-state index is -3.51. The molecule has 0 spiro atoms. The maximum atomic E-state index is 13.0. The molecule has 1 aliphatic rings. The molecule has 1 fully saturated rings. The van der Waals surface area contributed by atoms with Gasteiger partial charge >= 0.3 is 0 Å². The number of benzene rings is 1. The molecule has 4 rings (SSSR count). The summed E-state index contributed by atoms with van der Waals surface area (Å²) in [5.41, 5.74) is 1.07. The van der Waals surface area contributed by atoms with E-state index in [1.54, 1.807) is 35.8 Å². The van der Waals surface area contributed by atoms with Crippen LogP contribution in [0.5, 0.6) is 5.75 Å². The molecular weight excluding hydrogens is 386 g/mol. The van der Waals surface area contributed by atoms with E-state index in [1.807, 2.05) is 24.3 Å². The molecule has 3 aromatic rings. The van der Waals surface area contributed by atoms with Crippen LogP contribution in [-0.2, 0) is 10.0 Å². The van der Waals surface area contributed by atoms with Gasteiger partial charge in [0, 0.05) is 37.9 Å². The van der Waals surface area contributed by atoms with Crippen molar-refractivity contribution in [1.29, 1.82) is 0 Å². The Morgan fingerprint density at radius 1 is 1.04 bits per heavy atom. The maximum Gasteiger partial charge on any atom is 0.252 e. The zero-order chi connectivity index (χ0) is 18.9. The van der Waals surface area contributed by atoms with E-state index < -0.39 is 10.0 Å². The molecular formula is C18H19N3O4S2. The van der Waals surface area contributed by atoms with Gasteiger partial charge in [-0.1, -0.05) is 5.16 Å². The highest BCUT2D eigenvalue weighted by atomic mass is 32.2. The van der Waals surface area contributed by atoms with Crippen molar-refractivity contribution in [3.8, 4) is 16.4 Å². The molecule has 0 radical (unpaired) electrons. The van der Waals surface area contributed by atoms with Crippen LogP contribution in [0.3, 0.4) is 0 Å². The molecule has 0 N–H and O–H groups in total. The summed E-state index contributed by atoms with van der Waals surface area (Å²) < 4.78 is 38.1. The van der Waals surface area contributed by atoms with Crippen LogP contribution in [0.2, 0.25) is 0 Å². The minimum Gasteiger partial charge on any atom is -0.497 e. The smallest absolute Gasteiger partial charge is 0.252 e. The third kappa shape index (κ3) is 3.58. The minimum absolute atomic E-state index is 0.326. The van der Waals surface area contributed by atoms with Crippen LogP contribution in [0.25, 0.3) is 10.6 Å². The van der Waals surface area contributed by atoms with Crippen LogP contribution in [0, 0.1) is 0 Å². The van der Waals surface area contributed by atoms with E-state index in [0.717, 1.165) is 16.3 Å². The standard InChI is InChI=1S/C18H19N3O4S2/c1-24-15-4-2-14(3-5-15)20-10-12-21(13-11-20)27(22,23)18-7-6-17(26-18)16-8-9-19-25-16/h2-9H,10-13H2,1H3. The average molecular weight is 406 g/mol. The van der Waals surface area contributed by atoms with Gasteiger partial charge in [0.25, 0.3) is 10.0 Å². The molecule has 1 saturated heterocycles. The van der Waals surface area contributed by atoms with Gasteiger partial charge in [0.2, 0.25) is 0 Å². The summed E-state index contributed by atoms with van der Waals surface area (Å²) >= 11 is 1.20. The van der Waals surface area contributed by atoms with Gasteiger partial charge in [-0.3, -0.25) is 0 Å². The number of hydrogen-bond acceptors (Lipinski definition) is 7. The fourth-order valence-electron chi connectivity index (χ4n) is 3.04. The lowest BCUT2D eigenvalue weighted by atomic mass is 10.2. The Labute approximate surface area is 161 Å². The lowest BCUT2D eigenvalue weighted by Crippen LogP contribution is -2.48. The van der Waals surface area contributed by atoms with Gasteiger partial charge in [0.1, 0.15) is 9.96 Å². The third-order valence-electron chi connectivity index (χ3n) is 4.53. The number of thiophene rings is 1. The Hall–Kier alpha value is -2.36. The van der Waals surface area contributed by atoms with Crippen LogP contribution >= 0.6 is 11.3 Å². The fourth-order valence-corrected chi connectivity index (χ4v) is 5.88. The molecule has 1 aliphatic heterocycles. The second-order valence-electron chi connectivity index (χ2n) is 6.08. The van der Waals surface area contributed by atoms with E-state index >= 15 is 0 Å². The van der Waals surface area contributed by atoms with Crippen molar-refractivity contribution in [3.05, 3.63) is 48.7 Å². The maximum absolute atomic E-state index is 13.0. The Morgan fingerprint density at radius 2 is 1.78 bits per heavy atom. The Morgan fingerprint density at radius 3 is 2.41 bits per heavy atom. The number of piperazine rings is 1. The molecule has 0 unspecified atom stereocenters. The van der Waals surface area contributed by atoms with Crippen LogP contribution in [0.1, 0.15) is 0 Å². The zero-order valence-corrected chi connectivity index (χ0v) is 16.4. The molecule has 3 heterocycles. The monoisotopic (exact) mass is 405 g/mol. The molecule has 0 bridgehead atoms. The van der Waals surface area contributed by atoms with Crippen LogP contribution < -0.4 is 9.64 Å². The first-order valence-corrected chi connectivity index (χ1v) is 10.7. The number of anilines is 1. The first-order chi connectivity index (χ1) is 13.1. The van der Waals surface area contributed by atoms with Gasteiger partial charge < -0.3 is 14.2 Å². The number of ether oxygens (including phenoxy) is 1. The molecule has 9 heteroatoms. The molecule has 142 valence electrons. The van der Waals surface area contributed by atoms with Crippen molar-refractivity contribution in [2.24, 2.45) is 0 Å². The van der Waals surface area contributed by atoms with Crippen molar-refractivity contribution < 1.29 is 17.7 Å². The number of nitrogens with zero attached hydrogens (tertiary/aromatic N) is 3. The second-order valence-corrected chi connectivity index (χ2v) is 9.33. The SMILES string of the molecule is COc1ccc(N2CCN(S(=O)(=O)c3ccc(-c4ccno4)s3)CC2)cc1. The highest BCUT2D eigenvalue weighted by Crippen LogP contribution is 2.32. The van der Waals surface area contributed by atoms with Gasteiger partial charge in [-0.2, -0.15) is 4.31 Å². The van der Waals surface area contributed by atoms with E-state index in [4.69, 9.17) is 9.26 Å². The van der Waals surface area contributed by atoms with E-state index in [9.17, 15) is 8.42 Å². The van der Waals surface area contributed by atoms with Crippen molar-refractivity contribution in [3.63, 3.8) is 0 Å². The fraction of sp³-hybridized carbons (Fsp3) is 0.278. The lowest BCUT2D eigenvalue weighted by Gasteiger charge is -2.35. The molecule has 0 saturated carbocycles. The molecule has 0 aliphatic carbocycles. The van der Waals surface area contributed by atoms with Crippen molar-refractivity contribution in [2.45, 2.75) is 4.21 Å². The van der Waals surface area contributed by atoms with Gasteiger partial charge in [0.05, 0.1) is 18.2 Å². The first-order valence-electron chi connectivity index (χ1n) is 8.48. The summed E-state index contributed by atoms with van der Waals surface area (Å²) in [6.45, 7) is 2.19. The predicted molar refractivity (Wildman–Crippen MR) is 104 cm³/mol. The molecule has 0 atom stereocenters. The summed E-state index contributed by atoms with van der Waals surface area (Å²) in [5.74, 6) is 1.38. The zero-order valence-electron chi connectivity index (χ0n) is 14.7. The topological polar surface area (TPSA) is 75.9 Å². The number of methoxy groups -OCH3 is 1. The van der Waals surface area contributed by atoms with Gasteiger partial charge in [-0.25, -0.2) is 8.42 Å². The molecule has 1 aromatic carbocycles. The molecule has 7 nitrogen and oxygen atoms in total. The van der Waals surface area contributed by atoms with Gasteiger partial charge in [-0.05, 0) is 36.4 Å². The summed E-state index contributed by atoms with van der Waals surface area (Å²) in [6, 6.07) is 12.9. The van der Waals surface area contributed by atoms with Crippen molar-refractivity contribution in [1.82, 2.24) is 9.46 Å². The third-order valence-corrected chi connectivity index (χ3v) is 8.00. The summed E-state index contributed by atoms with van der Waals surface area (Å²) in [5, 5.41) is 3.67. The predicted octanol–water partition coefficient (Wildman–Crippen LogP) is 2.92. The number of hydrogen-bond donors (Lipinski definition) is 0. The molecule has 27 heavy (non-hydrogen) atoms. The second kappa shape index (κ2) is 7.34.